The van der Waals surface area contributed by atoms with E-state index in [0.29, 0.717) is 0 Å². The molecule has 3 rings (SSSR count). The fourth-order valence-electron chi connectivity index (χ4n) is 2.11. The van der Waals surface area contributed by atoms with E-state index in [1.165, 1.54) is 18.2 Å². The summed E-state index contributed by atoms with van der Waals surface area (Å²) in [6, 6.07) is 7.65. The van der Waals surface area contributed by atoms with Crippen LogP contribution in [0.15, 0.2) is 50.3 Å². The molecule has 0 saturated heterocycles. The first-order chi connectivity index (χ1) is 12.1. The van der Waals surface area contributed by atoms with Gasteiger partial charge >= 0.3 is 6.36 Å². The zero-order valence-corrected chi connectivity index (χ0v) is 15.5. The molecule has 1 aromatic heterocycles. The van der Waals surface area contributed by atoms with Crippen molar-refractivity contribution in [3.05, 3.63) is 45.9 Å². The number of anilines is 1. The fourth-order valence-corrected chi connectivity index (χ4v) is 3.82. The monoisotopic (exact) mass is 470 g/mol. The molecule has 138 valence electrons. The van der Waals surface area contributed by atoms with E-state index >= 15 is 0 Å². The molecule has 0 radical (unpaired) electrons. The number of rotatable bonds is 4. The van der Waals surface area contributed by atoms with Crippen LogP contribution in [0.25, 0.3) is 11.0 Å². The van der Waals surface area contributed by atoms with Crippen LogP contribution in [0.3, 0.4) is 0 Å². The van der Waals surface area contributed by atoms with Gasteiger partial charge < -0.3 is 9.26 Å². The normalized spacial score (nSPS) is 12.3. The van der Waals surface area contributed by atoms with Crippen LogP contribution in [0.4, 0.5) is 19.0 Å². The van der Waals surface area contributed by atoms with Gasteiger partial charge in [0.05, 0.1) is 10.4 Å². The van der Waals surface area contributed by atoms with Crippen molar-refractivity contribution in [2.75, 3.05) is 4.72 Å². The second-order valence-electron chi connectivity index (χ2n) is 4.89. The molecule has 0 amide bonds. The number of benzene rings is 2. The lowest BCUT2D eigenvalue weighted by molar-refractivity contribution is -0.275. The van der Waals surface area contributed by atoms with Crippen LogP contribution in [0, 0.1) is 0 Å². The Morgan fingerprint density at radius 2 is 1.96 bits per heavy atom. The lowest BCUT2D eigenvalue weighted by Gasteiger charge is -2.14. The molecule has 0 aliphatic carbocycles. The van der Waals surface area contributed by atoms with E-state index in [-0.39, 0.29) is 26.3 Å². The van der Waals surface area contributed by atoms with Gasteiger partial charge in [-0.2, -0.15) is 0 Å². The molecule has 26 heavy (non-hydrogen) atoms. The second-order valence-corrected chi connectivity index (χ2v) is 7.86. The molecule has 12 heteroatoms. The van der Waals surface area contributed by atoms with Gasteiger partial charge in [0.1, 0.15) is 4.90 Å². The zero-order chi connectivity index (χ0) is 19.1. The molecule has 0 bridgehead atoms. The molecule has 0 spiro atoms. The smallest absolute Gasteiger partial charge is 0.404 e. The minimum Gasteiger partial charge on any atom is -0.404 e. The summed E-state index contributed by atoms with van der Waals surface area (Å²) in [5.41, 5.74) is 0.206. The van der Waals surface area contributed by atoms with E-state index in [2.05, 4.69) is 30.5 Å². The predicted octanol–water partition coefficient (Wildman–Crippen LogP) is 4.94. The van der Waals surface area contributed by atoms with Crippen LogP contribution in [0.5, 0.6) is 5.75 Å². The number of halogens is 5. The largest absolute Gasteiger partial charge is 0.573 e. The average Bonchev–Trinajstić information content (AvgIpc) is 2.89. The van der Waals surface area contributed by atoms with Crippen molar-refractivity contribution in [2.45, 2.75) is 11.3 Å². The number of ether oxygens (including phenoxy) is 1. The average molecular weight is 472 g/mol. The standard InChI is InChI=1S/C14H7BrClF3N2O4S/c15-7-4-5-11(10(6-7)24-14(17,18)19)26(22,23)21-13-12-8(16)2-1-3-9(12)25-20-13/h1-6H,(H,20,21). The first kappa shape index (κ1) is 18.8. The highest BCUT2D eigenvalue weighted by atomic mass is 79.9. The van der Waals surface area contributed by atoms with Gasteiger partial charge in [0.2, 0.25) is 0 Å². The Hall–Kier alpha value is -1.98. The van der Waals surface area contributed by atoms with Crippen LogP contribution in [0.1, 0.15) is 0 Å². The van der Waals surface area contributed by atoms with Crippen molar-refractivity contribution in [2.24, 2.45) is 0 Å². The third kappa shape index (κ3) is 3.89. The van der Waals surface area contributed by atoms with Gasteiger partial charge in [-0.15, -0.1) is 13.2 Å². The lowest BCUT2D eigenvalue weighted by Crippen LogP contribution is -2.21. The number of hydrogen-bond acceptors (Lipinski definition) is 5. The Balaban J connectivity index is 2.06. The minimum absolute atomic E-state index is 0.157. The highest BCUT2D eigenvalue weighted by Gasteiger charge is 2.34. The third-order valence-electron chi connectivity index (χ3n) is 3.10. The summed E-state index contributed by atoms with van der Waals surface area (Å²) < 4.78 is 73.9. The number of sulfonamides is 1. The summed E-state index contributed by atoms with van der Waals surface area (Å²) >= 11 is 8.97. The highest BCUT2D eigenvalue weighted by molar-refractivity contribution is 9.10. The maximum atomic E-state index is 12.6. The summed E-state index contributed by atoms with van der Waals surface area (Å²) in [5.74, 6) is -1.16. The van der Waals surface area contributed by atoms with Gasteiger partial charge in [0, 0.05) is 4.47 Å². The van der Waals surface area contributed by atoms with E-state index in [9.17, 15) is 21.6 Å². The Kier molecular flexibility index (Phi) is 4.80. The number of fused-ring (bicyclic) bond motifs is 1. The summed E-state index contributed by atoms with van der Waals surface area (Å²) in [6.07, 6.45) is -5.07. The van der Waals surface area contributed by atoms with Crippen molar-refractivity contribution in [3.8, 4) is 5.75 Å². The molecule has 0 atom stereocenters. The van der Waals surface area contributed by atoms with Crippen LogP contribution in [0.2, 0.25) is 5.02 Å². The lowest BCUT2D eigenvalue weighted by atomic mass is 10.2. The Morgan fingerprint density at radius 1 is 1.23 bits per heavy atom. The van der Waals surface area contributed by atoms with Crippen LogP contribution in [-0.4, -0.2) is 19.9 Å². The van der Waals surface area contributed by atoms with E-state index in [1.807, 2.05) is 0 Å². The van der Waals surface area contributed by atoms with Gasteiger partial charge in [-0.05, 0) is 30.3 Å². The molecule has 3 aromatic rings. The van der Waals surface area contributed by atoms with E-state index in [4.69, 9.17) is 16.1 Å². The quantitative estimate of drug-likeness (QED) is 0.583. The van der Waals surface area contributed by atoms with Gasteiger partial charge in [-0.1, -0.05) is 38.8 Å². The topological polar surface area (TPSA) is 81.4 Å². The number of aromatic nitrogens is 1. The SMILES string of the molecule is O=S(=O)(Nc1noc2cccc(Cl)c12)c1ccc(Br)cc1OC(F)(F)F. The molecule has 0 fully saturated rings. The summed E-state index contributed by atoms with van der Waals surface area (Å²) in [4.78, 5) is -0.735. The predicted molar refractivity (Wildman–Crippen MR) is 90.7 cm³/mol. The van der Waals surface area contributed by atoms with Crippen LogP contribution < -0.4 is 9.46 Å². The summed E-state index contributed by atoms with van der Waals surface area (Å²) in [6.45, 7) is 0. The first-order valence-corrected chi connectivity index (χ1v) is 9.34. The molecule has 1 N–H and O–H groups in total. The molecule has 0 aliphatic heterocycles. The van der Waals surface area contributed by atoms with Gasteiger partial charge in [-0.25, -0.2) is 8.42 Å². The Labute approximate surface area is 158 Å². The number of nitrogens with zero attached hydrogens (tertiary/aromatic N) is 1. The minimum atomic E-state index is -5.07. The van der Waals surface area contributed by atoms with Gasteiger partial charge in [-0.3, -0.25) is 4.72 Å². The second kappa shape index (κ2) is 6.63. The molecular weight excluding hydrogens is 465 g/mol. The van der Waals surface area contributed by atoms with E-state index < -0.39 is 27.0 Å². The molecule has 2 aromatic carbocycles. The maximum absolute atomic E-state index is 12.6. The maximum Gasteiger partial charge on any atom is 0.573 e. The third-order valence-corrected chi connectivity index (χ3v) is 5.29. The van der Waals surface area contributed by atoms with Crippen molar-refractivity contribution in [3.63, 3.8) is 0 Å². The summed E-state index contributed by atoms with van der Waals surface area (Å²) in [5, 5.41) is 3.90. The number of nitrogens with one attached hydrogen (secondary N) is 1. The van der Waals surface area contributed by atoms with Crippen molar-refractivity contribution < 1.29 is 30.8 Å². The van der Waals surface area contributed by atoms with Crippen LogP contribution in [-0.2, 0) is 10.0 Å². The molecular formula is C14H7BrClF3N2O4S. The molecule has 0 saturated carbocycles. The first-order valence-electron chi connectivity index (χ1n) is 6.69. The van der Waals surface area contributed by atoms with Crippen molar-refractivity contribution in [1.82, 2.24) is 5.16 Å². The molecule has 0 aliphatic rings. The number of hydrogen-bond donors (Lipinski definition) is 1. The van der Waals surface area contributed by atoms with E-state index in [1.54, 1.807) is 6.07 Å². The van der Waals surface area contributed by atoms with Crippen molar-refractivity contribution >= 4 is 54.3 Å². The number of alkyl halides is 3. The zero-order valence-electron chi connectivity index (χ0n) is 12.3. The molecule has 6 nitrogen and oxygen atoms in total. The van der Waals surface area contributed by atoms with Gasteiger partial charge in [0.25, 0.3) is 10.0 Å². The van der Waals surface area contributed by atoms with Crippen molar-refractivity contribution in [1.29, 1.82) is 0 Å². The fraction of sp³-hybridized carbons (Fsp3) is 0.0714. The Morgan fingerprint density at radius 3 is 2.65 bits per heavy atom. The molecule has 0 unspecified atom stereocenters. The highest BCUT2D eigenvalue weighted by Crippen LogP contribution is 2.35. The van der Waals surface area contributed by atoms with Gasteiger partial charge in [0.15, 0.2) is 17.2 Å². The van der Waals surface area contributed by atoms with E-state index in [0.717, 1.165) is 12.1 Å². The van der Waals surface area contributed by atoms with Crippen LogP contribution >= 0.6 is 27.5 Å². The molecule has 1 heterocycles. The summed E-state index contributed by atoms with van der Waals surface area (Å²) in [7, 11) is -4.49. The Bertz CT molecular complexity index is 1090.